The first-order chi connectivity index (χ1) is 17.8. The Kier molecular flexibility index (Phi) is 7.64. The van der Waals surface area contributed by atoms with E-state index >= 15 is 0 Å². The van der Waals surface area contributed by atoms with Gasteiger partial charge in [-0.05, 0) is 53.9 Å². The van der Waals surface area contributed by atoms with Crippen molar-refractivity contribution in [1.29, 1.82) is 0 Å². The van der Waals surface area contributed by atoms with Gasteiger partial charge in [0, 0.05) is 31.4 Å². The van der Waals surface area contributed by atoms with Crippen LogP contribution >= 0.6 is 0 Å². The third kappa shape index (κ3) is 5.36. The normalized spacial score (nSPS) is 16.7. The first-order valence-electron chi connectivity index (χ1n) is 11.6. The molecule has 3 aromatic rings. The van der Waals surface area contributed by atoms with Crippen LogP contribution in [0.25, 0.3) is 5.76 Å². The van der Waals surface area contributed by atoms with Crippen molar-refractivity contribution in [3.8, 4) is 5.75 Å². The first kappa shape index (κ1) is 25.6. The van der Waals surface area contributed by atoms with Gasteiger partial charge in [0.25, 0.3) is 17.4 Å². The molecule has 1 aliphatic heterocycles. The number of hydrogen-bond donors (Lipinski definition) is 1. The summed E-state index contributed by atoms with van der Waals surface area (Å²) in [6.07, 6.45) is 0. The average molecular weight is 503 g/mol. The molecule has 0 unspecified atom stereocenters. The summed E-state index contributed by atoms with van der Waals surface area (Å²) in [6, 6.07) is 19.4. The summed E-state index contributed by atoms with van der Waals surface area (Å²) in [4.78, 5) is 37.9. The fourth-order valence-corrected chi connectivity index (χ4v) is 4.30. The molecule has 0 bridgehead atoms. The molecule has 1 atom stereocenters. The molecule has 1 fully saturated rings. The van der Waals surface area contributed by atoms with Gasteiger partial charge >= 0.3 is 0 Å². The zero-order chi connectivity index (χ0) is 26.5. The van der Waals surface area contributed by atoms with Gasteiger partial charge in [-0.2, -0.15) is 0 Å². The molecule has 0 saturated carbocycles. The molecule has 37 heavy (non-hydrogen) atoms. The van der Waals surface area contributed by atoms with E-state index in [9.17, 15) is 24.8 Å². The summed E-state index contributed by atoms with van der Waals surface area (Å²) in [5, 5.41) is 22.4. The number of ketones is 1. The molecule has 0 radical (unpaired) electrons. The fourth-order valence-electron chi connectivity index (χ4n) is 4.30. The quantitative estimate of drug-likeness (QED) is 0.150. The number of non-ortho nitro benzene ring substituents is 1. The van der Waals surface area contributed by atoms with Gasteiger partial charge in [0.15, 0.2) is 0 Å². The van der Waals surface area contributed by atoms with Gasteiger partial charge in [-0.25, -0.2) is 0 Å². The maximum Gasteiger partial charge on any atom is 0.295 e. The highest BCUT2D eigenvalue weighted by atomic mass is 16.6. The SMILES string of the molecule is COCCN1C(=O)C(=O)C(=C(O)c2ccc(OCc3ccccc3)cc2C)[C@@H]1c1ccc([N+](=O)[O-])cc1. The van der Waals surface area contributed by atoms with Crippen molar-refractivity contribution in [2.45, 2.75) is 19.6 Å². The van der Waals surface area contributed by atoms with E-state index in [-0.39, 0.29) is 30.2 Å². The van der Waals surface area contributed by atoms with Gasteiger partial charge in [-0.15, -0.1) is 0 Å². The van der Waals surface area contributed by atoms with Gasteiger partial charge in [-0.3, -0.25) is 19.7 Å². The molecule has 1 heterocycles. The van der Waals surface area contributed by atoms with Crippen LogP contribution in [0.15, 0.2) is 78.4 Å². The van der Waals surface area contributed by atoms with Crippen molar-refractivity contribution < 1.29 is 29.1 Å². The topological polar surface area (TPSA) is 119 Å². The highest BCUT2D eigenvalue weighted by Crippen LogP contribution is 2.40. The number of methoxy groups -OCH3 is 1. The van der Waals surface area contributed by atoms with E-state index in [1.165, 1.54) is 36.3 Å². The number of carbonyl (C=O) groups excluding carboxylic acids is 2. The second-order valence-electron chi connectivity index (χ2n) is 8.58. The van der Waals surface area contributed by atoms with Crippen LogP contribution in [0.3, 0.4) is 0 Å². The number of nitro benzene ring substituents is 1. The lowest BCUT2D eigenvalue weighted by molar-refractivity contribution is -0.384. The van der Waals surface area contributed by atoms with Crippen LogP contribution < -0.4 is 4.74 Å². The molecule has 9 nitrogen and oxygen atoms in total. The molecule has 1 amide bonds. The summed E-state index contributed by atoms with van der Waals surface area (Å²) in [7, 11) is 1.47. The number of benzene rings is 3. The van der Waals surface area contributed by atoms with Crippen LogP contribution in [0.4, 0.5) is 5.69 Å². The zero-order valence-electron chi connectivity index (χ0n) is 20.4. The van der Waals surface area contributed by atoms with Gasteiger partial charge in [-0.1, -0.05) is 30.3 Å². The maximum absolute atomic E-state index is 13.1. The first-order valence-corrected chi connectivity index (χ1v) is 11.6. The molecule has 190 valence electrons. The van der Waals surface area contributed by atoms with E-state index in [2.05, 4.69) is 0 Å². The number of nitrogens with zero attached hydrogens (tertiary/aromatic N) is 2. The minimum Gasteiger partial charge on any atom is -0.507 e. The second-order valence-corrected chi connectivity index (χ2v) is 8.58. The van der Waals surface area contributed by atoms with E-state index < -0.39 is 22.7 Å². The van der Waals surface area contributed by atoms with Crippen molar-refractivity contribution in [2.24, 2.45) is 0 Å². The number of amides is 1. The number of Topliss-reactive ketones (excluding diaryl/α,β-unsaturated/α-hetero) is 1. The smallest absolute Gasteiger partial charge is 0.295 e. The maximum atomic E-state index is 13.1. The summed E-state index contributed by atoms with van der Waals surface area (Å²) in [6.45, 7) is 2.41. The summed E-state index contributed by atoms with van der Waals surface area (Å²) in [5.74, 6) is -1.35. The molecular weight excluding hydrogens is 476 g/mol. The highest BCUT2D eigenvalue weighted by molar-refractivity contribution is 6.46. The lowest BCUT2D eigenvalue weighted by Crippen LogP contribution is -2.32. The molecule has 4 rings (SSSR count). The molecule has 1 aliphatic rings. The number of aryl methyl sites for hydroxylation is 1. The van der Waals surface area contributed by atoms with Gasteiger partial charge in [0.1, 0.15) is 18.1 Å². The predicted molar refractivity (Wildman–Crippen MR) is 136 cm³/mol. The Balaban J connectivity index is 1.71. The predicted octanol–water partition coefficient (Wildman–Crippen LogP) is 4.55. The van der Waals surface area contributed by atoms with Crippen molar-refractivity contribution in [3.63, 3.8) is 0 Å². The van der Waals surface area contributed by atoms with E-state index in [4.69, 9.17) is 9.47 Å². The van der Waals surface area contributed by atoms with Crippen LogP contribution in [0, 0.1) is 17.0 Å². The summed E-state index contributed by atoms with van der Waals surface area (Å²) >= 11 is 0. The number of carbonyl (C=O) groups is 2. The lowest BCUT2D eigenvalue weighted by atomic mass is 9.93. The number of aliphatic hydroxyl groups is 1. The molecule has 9 heteroatoms. The number of rotatable bonds is 9. The Bertz CT molecular complexity index is 1350. The molecular formula is C28H26N2O7. The van der Waals surface area contributed by atoms with Crippen LogP contribution in [0.5, 0.6) is 5.75 Å². The minimum absolute atomic E-state index is 0.0870. The number of nitro groups is 1. The summed E-state index contributed by atoms with van der Waals surface area (Å²) in [5.41, 5.74) is 2.28. The lowest BCUT2D eigenvalue weighted by Gasteiger charge is -2.25. The Hall–Kier alpha value is -4.50. The summed E-state index contributed by atoms with van der Waals surface area (Å²) < 4.78 is 11.0. The van der Waals surface area contributed by atoms with E-state index in [1.54, 1.807) is 25.1 Å². The van der Waals surface area contributed by atoms with Crippen molar-refractivity contribution in [3.05, 3.63) is 111 Å². The molecule has 3 aromatic carbocycles. The van der Waals surface area contributed by atoms with Gasteiger partial charge in [0.2, 0.25) is 0 Å². The van der Waals surface area contributed by atoms with E-state index in [1.807, 2.05) is 30.3 Å². The number of likely N-dealkylation sites (tertiary alicyclic amines) is 1. The Morgan fingerprint density at radius 3 is 2.38 bits per heavy atom. The standard InChI is InChI=1S/C28H26N2O7/c1-18-16-22(37-17-19-6-4-3-5-7-19)12-13-23(18)26(31)24-25(20-8-10-21(11-9-20)30(34)35)29(14-15-36-2)28(33)27(24)32/h3-13,16,25,31H,14-15,17H2,1-2H3/t25-/m0/s1. The largest absolute Gasteiger partial charge is 0.507 e. The Labute approximate surface area is 213 Å². The van der Waals surface area contributed by atoms with Crippen molar-refractivity contribution in [2.75, 3.05) is 20.3 Å². The van der Waals surface area contributed by atoms with Crippen LogP contribution in [-0.2, 0) is 20.9 Å². The van der Waals surface area contributed by atoms with Crippen LogP contribution in [0.2, 0.25) is 0 Å². The monoisotopic (exact) mass is 502 g/mol. The minimum atomic E-state index is -0.927. The molecule has 1 saturated heterocycles. The zero-order valence-corrected chi connectivity index (χ0v) is 20.4. The number of ether oxygens (including phenoxy) is 2. The van der Waals surface area contributed by atoms with Crippen molar-refractivity contribution >= 4 is 23.1 Å². The fraction of sp³-hybridized carbons (Fsp3) is 0.214. The van der Waals surface area contributed by atoms with Gasteiger partial charge < -0.3 is 19.5 Å². The average Bonchev–Trinajstić information content (AvgIpc) is 3.16. The third-order valence-electron chi connectivity index (χ3n) is 6.20. The molecule has 0 spiro atoms. The molecule has 0 aliphatic carbocycles. The molecule has 0 aromatic heterocycles. The molecule has 1 N–H and O–H groups in total. The highest BCUT2D eigenvalue weighted by Gasteiger charge is 2.46. The second kappa shape index (κ2) is 11.0. The third-order valence-corrected chi connectivity index (χ3v) is 6.20. The number of aliphatic hydroxyl groups excluding tert-OH is 1. The number of hydrogen-bond acceptors (Lipinski definition) is 7. The van der Waals surface area contributed by atoms with E-state index in [0.29, 0.717) is 29.0 Å². The van der Waals surface area contributed by atoms with Crippen LogP contribution in [-0.4, -0.2) is 46.9 Å². The van der Waals surface area contributed by atoms with E-state index in [0.717, 1.165) is 5.56 Å². The van der Waals surface area contributed by atoms with Crippen molar-refractivity contribution in [1.82, 2.24) is 4.90 Å². The Morgan fingerprint density at radius 1 is 1.05 bits per heavy atom. The van der Waals surface area contributed by atoms with Crippen LogP contribution in [0.1, 0.15) is 28.3 Å². The Morgan fingerprint density at radius 2 is 1.76 bits per heavy atom. The van der Waals surface area contributed by atoms with Gasteiger partial charge in [0.05, 0.1) is 23.1 Å².